The van der Waals surface area contributed by atoms with Gasteiger partial charge in [0.1, 0.15) is 0 Å². The lowest BCUT2D eigenvalue weighted by Crippen LogP contribution is -2.51. The Morgan fingerprint density at radius 2 is 1.60 bits per heavy atom. The normalized spacial score (nSPS) is 27.8. The second kappa shape index (κ2) is 6.27. The third kappa shape index (κ3) is 3.71. The SMILES string of the molecule is O=S(=O)(CCN1CCNCC1)N1CCN(C2CC2)CC1. The molecule has 0 aromatic heterocycles. The summed E-state index contributed by atoms with van der Waals surface area (Å²) in [4.78, 5) is 4.69. The van der Waals surface area contributed by atoms with Crippen molar-refractivity contribution < 1.29 is 8.42 Å². The van der Waals surface area contributed by atoms with Gasteiger partial charge in [-0.2, -0.15) is 4.31 Å². The summed E-state index contributed by atoms with van der Waals surface area (Å²) in [6.45, 7) is 7.73. The first-order valence-electron chi connectivity index (χ1n) is 7.80. The van der Waals surface area contributed by atoms with E-state index in [4.69, 9.17) is 0 Å². The molecule has 3 rings (SSSR count). The smallest absolute Gasteiger partial charge is 0.215 e. The van der Waals surface area contributed by atoms with Crippen LogP contribution >= 0.6 is 0 Å². The molecule has 0 radical (unpaired) electrons. The maximum Gasteiger partial charge on any atom is 0.215 e. The number of rotatable bonds is 5. The Hall–Kier alpha value is -0.210. The monoisotopic (exact) mass is 302 g/mol. The molecule has 116 valence electrons. The zero-order valence-corrected chi connectivity index (χ0v) is 12.9. The molecule has 6 nitrogen and oxygen atoms in total. The molecule has 1 saturated carbocycles. The fourth-order valence-corrected chi connectivity index (χ4v) is 4.56. The van der Waals surface area contributed by atoms with Crippen LogP contribution in [0, 0.1) is 0 Å². The zero-order valence-electron chi connectivity index (χ0n) is 12.1. The Morgan fingerprint density at radius 3 is 2.20 bits per heavy atom. The van der Waals surface area contributed by atoms with E-state index in [9.17, 15) is 8.42 Å². The molecule has 7 heteroatoms. The highest BCUT2D eigenvalue weighted by molar-refractivity contribution is 7.89. The highest BCUT2D eigenvalue weighted by Gasteiger charge is 2.34. The molecule has 1 N–H and O–H groups in total. The molecule has 3 fully saturated rings. The molecule has 0 bridgehead atoms. The lowest BCUT2D eigenvalue weighted by Gasteiger charge is -2.34. The van der Waals surface area contributed by atoms with Crippen LogP contribution in [0.2, 0.25) is 0 Å². The molecule has 2 aliphatic heterocycles. The van der Waals surface area contributed by atoms with Gasteiger partial charge in [-0.15, -0.1) is 0 Å². The van der Waals surface area contributed by atoms with E-state index in [1.807, 2.05) is 0 Å². The van der Waals surface area contributed by atoms with Crippen LogP contribution < -0.4 is 5.32 Å². The summed E-state index contributed by atoms with van der Waals surface area (Å²) < 4.78 is 26.5. The van der Waals surface area contributed by atoms with Crippen LogP contribution in [0.15, 0.2) is 0 Å². The van der Waals surface area contributed by atoms with Crippen molar-refractivity contribution in [2.75, 3.05) is 64.7 Å². The second-order valence-electron chi connectivity index (χ2n) is 6.07. The average molecular weight is 302 g/mol. The van der Waals surface area contributed by atoms with Gasteiger partial charge in [-0.3, -0.25) is 9.80 Å². The molecule has 0 atom stereocenters. The molecular weight excluding hydrogens is 276 g/mol. The topological polar surface area (TPSA) is 55.9 Å². The summed E-state index contributed by atoms with van der Waals surface area (Å²) in [6.07, 6.45) is 2.60. The Kier molecular flexibility index (Phi) is 4.62. The minimum atomic E-state index is -3.07. The van der Waals surface area contributed by atoms with E-state index in [0.29, 0.717) is 19.6 Å². The lowest BCUT2D eigenvalue weighted by molar-refractivity contribution is 0.179. The van der Waals surface area contributed by atoms with E-state index in [0.717, 1.165) is 45.3 Å². The van der Waals surface area contributed by atoms with Crippen LogP contribution in [0.3, 0.4) is 0 Å². The minimum Gasteiger partial charge on any atom is -0.314 e. The van der Waals surface area contributed by atoms with Gasteiger partial charge in [0.05, 0.1) is 5.75 Å². The molecule has 0 amide bonds. The fourth-order valence-electron chi connectivity index (χ4n) is 3.09. The van der Waals surface area contributed by atoms with Crippen molar-refractivity contribution in [1.29, 1.82) is 0 Å². The summed E-state index contributed by atoms with van der Waals surface area (Å²) in [5.74, 6) is 0.274. The van der Waals surface area contributed by atoms with Crippen LogP contribution in [-0.2, 0) is 10.0 Å². The Morgan fingerprint density at radius 1 is 0.950 bits per heavy atom. The van der Waals surface area contributed by atoms with Crippen molar-refractivity contribution in [3.8, 4) is 0 Å². The minimum absolute atomic E-state index is 0.274. The maximum absolute atomic E-state index is 12.4. The van der Waals surface area contributed by atoms with Gasteiger partial charge in [0.15, 0.2) is 0 Å². The van der Waals surface area contributed by atoms with Crippen molar-refractivity contribution in [3.05, 3.63) is 0 Å². The third-order valence-corrected chi connectivity index (χ3v) is 6.46. The quantitative estimate of drug-likeness (QED) is 0.706. The van der Waals surface area contributed by atoms with Crippen LogP contribution in [0.5, 0.6) is 0 Å². The number of nitrogens with zero attached hydrogens (tertiary/aromatic N) is 3. The van der Waals surface area contributed by atoms with E-state index in [1.165, 1.54) is 12.8 Å². The largest absolute Gasteiger partial charge is 0.314 e. The molecule has 2 heterocycles. The summed E-state index contributed by atoms with van der Waals surface area (Å²) in [6, 6.07) is 0.751. The van der Waals surface area contributed by atoms with Crippen molar-refractivity contribution in [2.24, 2.45) is 0 Å². The van der Waals surface area contributed by atoms with Crippen molar-refractivity contribution in [1.82, 2.24) is 19.4 Å². The predicted octanol–water partition coefficient (Wildman–Crippen LogP) is -0.999. The molecule has 0 unspecified atom stereocenters. The first-order chi connectivity index (χ1) is 9.65. The standard InChI is InChI=1S/C13H26N4O2S/c18-20(19,12-11-15-5-3-14-4-6-15)17-9-7-16(8-10-17)13-1-2-13/h13-14H,1-12H2. The van der Waals surface area contributed by atoms with E-state index in [1.54, 1.807) is 4.31 Å². The number of piperazine rings is 2. The van der Waals surface area contributed by atoms with E-state index in [-0.39, 0.29) is 5.75 Å². The first kappa shape index (κ1) is 14.7. The highest BCUT2D eigenvalue weighted by Crippen LogP contribution is 2.27. The molecule has 1 aliphatic carbocycles. The van der Waals surface area contributed by atoms with Crippen LogP contribution in [-0.4, -0.2) is 93.2 Å². The fraction of sp³-hybridized carbons (Fsp3) is 1.00. The molecule has 3 aliphatic rings. The van der Waals surface area contributed by atoms with Crippen LogP contribution in [0.25, 0.3) is 0 Å². The van der Waals surface area contributed by atoms with Gasteiger partial charge in [-0.05, 0) is 12.8 Å². The van der Waals surface area contributed by atoms with Gasteiger partial charge in [0.2, 0.25) is 10.0 Å². The molecule has 0 aromatic rings. The molecular formula is C13H26N4O2S. The number of nitrogens with one attached hydrogen (secondary N) is 1. The zero-order chi connectivity index (χ0) is 14.0. The summed E-state index contributed by atoms with van der Waals surface area (Å²) >= 11 is 0. The Labute approximate surface area is 122 Å². The lowest BCUT2D eigenvalue weighted by atomic mass is 10.3. The summed E-state index contributed by atoms with van der Waals surface area (Å²) in [5, 5.41) is 3.29. The van der Waals surface area contributed by atoms with Gasteiger partial charge >= 0.3 is 0 Å². The summed E-state index contributed by atoms with van der Waals surface area (Å²) in [5.41, 5.74) is 0. The average Bonchev–Trinajstić information content (AvgIpc) is 3.31. The van der Waals surface area contributed by atoms with Gasteiger partial charge in [-0.1, -0.05) is 0 Å². The van der Waals surface area contributed by atoms with E-state index < -0.39 is 10.0 Å². The third-order valence-electron chi connectivity index (χ3n) is 4.60. The molecule has 0 aromatic carbocycles. The van der Waals surface area contributed by atoms with Gasteiger partial charge in [-0.25, -0.2) is 8.42 Å². The van der Waals surface area contributed by atoms with Gasteiger partial charge in [0.25, 0.3) is 0 Å². The van der Waals surface area contributed by atoms with E-state index >= 15 is 0 Å². The van der Waals surface area contributed by atoms with Gasteiger partial charge in [0, 0.05) is 64.9 Å². The highest BCUT2D eigenvalue weighted by atomic mass is 32.2. The van der Waals surface area contributed by atoms with Crippen molar-refractivity contribution in [2.45, 2.75) is 18.9 Å². The molecule has 2 saturated heterocycles. The maximum atomic E-state index is 12.4. The van der Waals surface area contributed by atoms with E-state index in [2.05, 4.69) is 15.1 Å². The molecule has 20 heavy (non-hydrogen) atoms. The van der Waals surface area contributed by atoms with Crippen LogP contribution in [0.4, 0.5) is 0 Å². The van der Waals surface area contributed by atoms with Crippen molar-refractivity contribution >= 4 is 10.0 Å². The van der Waals surface area contributed by atoms with Gasteiger partial charge < -0.3 is 5.32 Å². The molecule has 0 spiro atoms. The summed E-state index contributed by atoms with van der Waals surface area (Å²) in [7, 11) is -3.07. The number of hydrogen-bond donors (Lipinski definition) is 1. The first-order valence-corrected chi connectivity index (χ1v) is 9.41. The predicted molar refractivity (Wildman–Crippen MR) is 79.3 cm³/mol. The Balaban J connectivity index is 1.45. The van der Waals surface area contributed by atoms with Crippen molar-refractivity contribution in [3.63, 3.8) is 0 Å². The number of sulfonamides is 1. The van der Waals surface area contributed by atoms with Crippen LogP contribution in [0.1, 0.15) is 12.8 Å². The Bertz CT molecular complexity index is 410. The second-order valence-corrected chi connectivity index (χ2v) is 8.16. The number of hydrogen-bond acceptors (Lipinski definition) is 5.